The Balaban J connectivity index is 1.42. The van der Waals surface area contributed by atoms with Gasteiger partial charge >= 0.3 is 0 Å². The highest BCUT2D eigenvalue weighted by molar-refractivity contribution is 5.28. The van der Waals surface area contributed by atoms with Gasteiger partial charge in [0.1, 0.15) is 6.61 Å². The summed E-state index contributed by atoms with van der Waals surface area (Å²) in [7, 11) is 0. The molecule has 0 unspecified atom stereocenters. The van der Waals surface area contributed by atoms with Gasteiger partial charge in [0.2, 0.25) is 5.43 Å². The minimum Gasteiger partial charge on any atom is -0.483 e. The summed E-state index contributed by atoms with van der Waals surface area (Å²) in [5.41, 5.74) is 4.80. The fourth-order valence-corrected chi connectivity index (χ4v) is 4.57. The van der Waals surface area contributed by atoms with Gasteiger partial charge in [-0.05, 0) is 24.0 Å². The lowest BCUT2D eigenvalue weighted by atomic mass is 9.99. The van der Waals surface area contributed by atoms with Gasteiger partial charge < -0.3 is 9.30 Å². The summed E-state index contributed by atoms with van der Waals surface area (Å²) in [4.78, 5) is 15.3. The zero-order valence-electron chi connectivity index (χ0n) is 18.2. The van der Waals surface area contributed by atoms with Gasteiger partial charge in [-0.3, -0.25) is 9.69 Å². The third-order valence-electron chi connectivity index (χ3n) is 6.29. The van der Waals surface area contributed by atoms with Crippen LogP contribution in [0, 0.1) is 0 Å². The predicted molar refractivity (Wildman–Crippen MR) is 128 cm³/mol. The molecule has 4 heteroatoms. The molecule has 5 rings (SSSR count). The number of ether oxygens (including phenoxy) is 1. The zero-order valence-corrected chi connectivity index (χ0v) is 18.2. The summed E-state index contributed by atoms with van der Waals surface area (Å²) in [6.45, 7) is 2.86. The second kappa shape index (κ2) is 9.41. The van der Waals surface area contributed by atoms with Crippen LogP contribution in [0.15, 0.2) is 102 Å². The van der Waals surface area contributed by atoms with Crippen molar-refractivity contribution in [2.24, 2.45) is 0 Å². The van der Waals surface area contributed by atoms with E-state index in [0.717, 1.165) is 43.7 Å². The molecule has 2 aromatic carbocycles. The van der Waals surface area contributed by atoms with E-state index in [0.29, 0.717) is 12.4 Å². The molecule has 32 heavy (non-hydrogen) atoms. The van der Waals surface area contributed by atoms with Crippen LogP contribution in [0.2, 0.25) is 0 Å². The average Bonchev–Trinajstić information content (AvgIpc) is 2.84. The van der Waals surface area contributed by atoms with Gasteiger partial charge in [-0.1, -0.05) is 84.5 Å². The summed E-state index contributed by atoms with van der Waals surface area (Å²) in [6, 6.07) is 22.6. The summed E-state index contributed by atoms with van der Waals surface area (Å²) < 4.78 is 8.11. The number of pyridine rings is 1. The second-order valence-corrected chi connectivity index (χ2v) is 8.54. The number of fused-ring (bicyclic) bond motifs is 1. The van der Waals surface area contributed by atoms with Crippen LogP contribution in [0.3, 0.4) is 0 Å². The van der Waals surface area contributed by atoms with Crippen LogP contribution in [-0.4, -0.2) is 16.0 Å². The molecule has 0 fully saturated rings. The maximum Gasteiger partial charge on any atom is 0.223 e. The quantitative estimate of drug-likeness (QED) is 0.541. The predicted octanol–water partition coefficient (Wildman–Crippen LogP) is 5.26. The minimum atomic E-state index is -0.0508. The Labute approximate surface area is 189 Å². The van der Waals surface area contributed by atoms with Gasteiger partial charge in [-0.15, -0.1) is 0 Å². The highest BCUT2D eigenvalue weighted by Gasteiger charge is 2.28. The average molecular weight is 425 g/mol. The van der Waals surface area contributed by atoms with Crippen molar-refractivity contribution < 1.29 is 4.74 Å². The van der Waals surface area contributed by atoms with Crippen LogP contribution >= 0.6 is 0 Å². The molecular formula is C28H28N2O2. The van der Waals surface area contributed by atoms with E-state index < -0.39 is 0 Å². The Morgan fingerprint density at radius 3 is 2.53 bits per heavy atom. The van der Waals surface area contributed by atoms with E-state index in [4.69, 9.17) is 4.74 Å². The number of nitrogens with zero attached hydrogens (tertiary/aromatic N) is 2. The third kappa shape index (κ3) is 4.61. The Kier molecular flexibility index (Phi) is 6.04. The first-order chi connectivity index (χ1) is 15.8. The fraction of sp³-hybridized carbons (Fsp3) is 0.250. The largest absolute Gasteiger partial charge is 0.483 e. The molecule has 1 aliphatic carbocycles. The molecule has 0 N–H and O–H groups in total. The molecule has 2 heterocycles. The zero-order chi connectivity index (χ0) is 21.8. The normalized spacial score (nSPS) is 18.1. The lowest BCUT2D eigenvalue weighted by Crippen LogP contribution is -2.39. The molecule has 3 aromatic rings. The third-order valence-corrected chi connectivity index (χ3v) is 6.29. The Morgan fingerprint density at radius 2 is 1.78 bits per heavy atom. The van der Waals surface area contributed by atoms with Gasteiger partial charge in [-0.25, -0.2) is 0 Å². The monoisotopic (exact) mass is 424 g/mol. The van der Waals surface area contributed by atoms with Gasteiger partial charge in [0.25, 0.3) is 0 Å². The fourth-order valence-electron chi connectivity index (χ4n) is 4.57. The molecule has 0 saturated heterocycles. The molecule has 0 amide bonds. The highest BCUT2D eigenvalue weighted by Crippen LogP contribution is 2.31. The van der Waals surface area contributed by atoms with Crippen LogP contribution in [0.4, 0.5) is 0 Å². The summed E-state index contributed by atoms with van der Waals surface area (Å²) in [5, 5.41) is 0. The molecule has 0 radical (unpaired) electrons. The second-order valence-electron chi connectivity index (χ2n) is 8.54. The number of hydrogen-bond acceptors (Lipinski definition) is 3. The van der Waals surface area contributed by atoms with Crippen molar-refractivity contribution in [1.82, 2.24) is 9.47 Å². The summed E-state index contributed by atoms with van der Waals surface area (Å²) in [6.07, 6.45) is 10.7. The molecular weight excluding hydrogens is 396 g/mol. The lowest BCUT2D eigenvalue weighted by molar-refractivity contribution is 0.149. The lowest BCUT2D eigenvalue weighted by Gasteiger charge is -2.39. The standard InChI is InChI=1S/C28H28N2O2/c31-27-16-25-18-30(17-22-10-4-1-5-11-22)26(24-14-8-3-9-15-24)19-29(25)20-28(27)32-21-23-12-6-2-7-13-23/h1-4,6-10,12-16,20,26H,5,11,17-19,21H2/t26-/m0/s1. The van der Waals surface area contributed by atoms with E-state index in [9.17, 15) is 4.79 Å². The van der Waals surface area contributed by atoms with E-state index in [1.807, 2.05) is 36.5 Å². The first-order valence-electron chi connectivity index (χ1n) is 11.3. The first-order valence-corrected chi connectivity index (χ1v) is 11.3. The maximum absolute atomic E-state index is 12.8. The van der Waals surface area contributed by atoms with Gasteiger partial charge in [0.15, 0.2) is 5.75 Å². The van der Waals surface area contributed by atoms with E-state index in [1.54, 1.807) is 6.07 Å². The molecule has 1 aromatic heterocycles. The first kappa shape index (κ1) is 20.5. The molecule has 162 valence electrons. The van der Waals surface area contributed by atoms with Crippen LogP contribution in [0.1, 0.15) is 35.7 Å². The number of aromatic nitrogens is 1. The number of benzene rings is 2. The van der Waals surface area contributed by atoms with E-state index in [2.05, 4.69) is 58.0 Å². The minimum absolute atomic E-state index is 0.0508. The van der Waals surface area contributed by atoms with Gasteiger partial charge in [0.05, 0.1) is 12.2 Å². The molecule has 1 atom stereocenters. The molecule has 0 saturated carbocycles. The van der Waals surface area contributed by atoms with Crippen LogP contribution in [-0.2, 0) is 19.7 Å². The van der Waals surface area contributed by atoms with Gasteiger partial charge in [0, 0.05) is 31.4 Å². The van der Waals surface area contributed by atoms with Crippen molar-refractivity contribution in [2.75, 3.05) is 6.54 Å². The smallest absolute Gasteiger partial charge is 0.223 e. The Morgan fingerprint density at radius 1 is 1.00 bits per heavy atom. The van der Waals surface area contributed by atoms with Crippen molar-refractivity contribution in [3.63, 3.8) is 0 Å². The van der Waals surface area contributed by atoms with Crippen molar-refractivity contribution in [1.29, 1.82) is 0 Å². The Bertz CT molecular complexity index is 1180. The molecule has 0 spiro atoms. The van der Waals surface area contributed by atoms with Crippen molar-refractivity contribution >= 4 is 0 Å². The molecule has 4 nitrogen and oxygen atoms in total. The van der Waals surface area contributed by atoms with Gasteiger partial charge in [-0.2, -0.15) is 0 Å². The van der Waals surface area contributed by atoms with E-state index in [1.165, 1.54) is 11.1 Å². The molecule has 2 aliphatic rings. The van der Waals surface area contributed by atoms with Crippen LogP contribution in [0.25, 0.3) is 0 Å². The highest BCUT2D eigenvalue weighted by atomic mass is 16.5. The molecule has 0 bridgehead atoms. The Hall–Kier alpha value is -3.37. The van der Waals surface area contributed by atoms with Crippen molar-refractivity contribution in [3.05, 3.63) is 124 Å². The van der Waals surface area contributed by atoms with Crippen LogP contribution in [0.5, 0.6) is 5.75 Å². The number of hydrogen-bond donors (Lipinski definition) is 0. The molecule has 1 aliphatic heterocycles. The van der Waals surface area contributed by atoms with Crippen molar-refractivity contribution in [2.45, 2.75) is 38.6 Å². The van der Waals surface area contributed by atoms with Crippen molar-refractivity contribution in [3.8, 4) is 5.75 Å². The topological polar surface area (TPSA) is 34.5 Å². The summed E-state index contributed by atoms with van der Waals surface area (Å²) in [5.74, 6) is 0.415. The number of allylic oxidation sites excluding steroid dienone is 3. The van der Waals surface area contributed by atoms with E-state index >= 15 is 0 Å². The maximum atomic E-state index is 12.8. The SMILES string of the molecule is O=c1cc2n(cc1OCc1ccccc1)C[C@@H](c1ccccc1)N(CC1=CC=CCC1)C2. The summed E-state index contributed by atoms with van der Waals surface area (Å²) >= 11 is 0. The number of rotatable bonds is 6. The van der Waals surface area contributed by atoms with Crippen LogP contribution < -0.4 is 10.2 Å². The van der Waals surface area contributed by atoms with E-state index in [-0.39, 0.29) is 11.5 Å².